The Labute approximate surface area is 164 Å². The maximum atomic E-state index is 9.21. The Morgan fingerprint density at radius 3 is 2.39 bits per heavy atom. The summed E-state index contributed by atoms with van der Waals surface area (Å²) in [5.41, 5.74) is 4.76. The molecule has 0 radical (unpaired) electrons. The van der Waals surface area contributed by atoms with Crippen LogP contribution in [0.5, 0.6) is 23.0 Å². The molecule has 28 heavy (non-hydrogen) atoms. The van der Waals surface area contributed by atoms with E-state index in [1.807, 2.05) is 18.2 Å². The van der Waals surface area contributed by atoms with E-state index < -0.39 is 13.6 Å². The number of ether oxygens (including phenoxy) is 4. The summed E-state index contributed by atoms with van der Waals surface area (Å²) >= 11 is 0. The van der Waals surface area contributed by atoms with Gasteiger partial charge in [0.25, 0.3) is 0 Å². The van der Waals surface area contributed by atoms with Crippen LogP contribution in [0.15, 0.2) is 24.3 Å². The number of methoxy groups -OCH3 is 2. The molecule has 0 saturated carbocycles. The Kier molecular flexibility index (Phi) is 5.30. The van der Waals surface area contributed by atoms with Crippen molar-refractivity contribution < 1.29 is 29.2 Å². The van der Waals surface area contributed by atoms with E-state index in [2.05, 4.69) is 11.0 Å². The predicted molar refractivity (Wildman–Crippen MR) is 102 cm³/mol. The van der Waals surface area contributed by atoms with E-state index in [9.17, 15) is 5.11 Å². The summed E-state index contributed by atoms with van der Waals surface area (Å²) in [6, 6.07) is 8.11. The van der Waals surface area contributed by atoms with E-state index >= 15 is 0 Å². The van der Waals surface area contributed by atoms with Crippen LogP contribution in [-0.2, 0) is 19.4 Å². The Bertz CT molecular complexity index is 868. The van der Waals surface area contributed by atoms with Crippen LogP contribution in [0.2, 0.25) is 0 Å². The first-order valence-electron chi connectivity index (χ1n) is 9.31. The van der Waals surface area contributed by atoms with Crippen molar-refractivity contribution in [3.05, 3.63) is 46.5 Å². The molecular weight excluding hydrogens is 362 g/mol. The summed E-state index contributed by atoms with van der Waals surface area (Å²) in [5.74, 6) is 2.45. The van der Waals surface area contributed by atoms with Gasteiger partial charge in [-0.15, -0.1) is 0 Å². The SMILES string of the molecule is COc1ccc2c(c1OC)CN1CCc3cc(OCO)c(OCO)cc3C1C2. The Balaban J connectivity index is 1.73. The average Bonchev–Trinajstić information content (AvgIpc) is 2.72. The number of hydrogen-bond acceptors (Lipinski definition) is 7. The second-order valence-electron chi connectivity index (χ2n) is 6.92. The molecule has 0 spiro atoms. The first kappa shape index (κ1) is 18.9. The zero-order valence-electron chi connectivity index (χ0n) is 16.1. The fourth-order valence-corrected chi connectivity index (χ4v) is 4.36. The third-order valence-electron chi connectivity index (χ3n) is 5.63. The van der Waals surface area contributed by atoms with Crippen molar-refractivity contribution in [3.8, 4) is 23.0 Å². The Morgan fingerprint density at radius 1 is 0.964 bits per heavy atom. The van der Waals surface area contributed by atoms with Crippen LogP contribution in [-0.4, -0.2) is 49.5 Å². The molecular formula is C21H25NO6. The molecule has 0 fully saturated rings. The van der Waals surface area contributed by atoms with Gasteiger partial charge in [0.15, 0.2) is 36.6 Å². The minimum Gasteiger partial charge on any atom is -0.493 e. The molecule has 1 unspecified atom stereocenters. The monoisotopic (exact) mass is 387 g/mol. The molecule has 0 bridgehead atoms. The second kappa shape index (κ2) is 7.87. The molecule has 7 nitrogen and oxygen atoms in total. The normalized spacial score (nSPS) is 17.9. The number of aliphatic hydroxyl groups excluding tert-OH is 2. The van der Waals surface area contributed by atoms with Gasteiger partial charge in [-0.1, -0.05) is 6.07 Å². The summed E-state index contributed by atoms with van der Waals surface area (Å²) in [4.78, 5) is 2.43. The fourth-order valence-electron chi connectivity index (χ4n) is 4.36. The summed E-state index contributed by atoms with van der Waals surface area (Å²) < 4.78 is 21.7. The van der Waals surface area contributed by atoms with E-state index in [0.717, 1.165) is 37.4 Å². The van der Waals surface area contributed by atoms with E-state index in [4.69, 9.17) is 24.1 Å². The molecule has 1 atom stereocenters. The largest absolute Gasteiger partial charge is 0.493 e. The third-order valence-corrected chi connectivity index (χ3v) is 5.63. The maximum Gasteiger partial charge on any atom is 0.186 e. The van der Waals surface area contributed by atoms with Gasteiger partial charge in [-0.25, -0.2) is 0 Å². The number of aliphatic hydroxyl groups is 2. The van der Waals surface area contributed by atoms with Crippen molar-refractivity contribution in [2.45, 2.75) is 25.4 Å². The lowest BCUT2D eigenvalue weighted by Gasteiger charge is -2.42. The second-order valence-corrected chi connectivity index (χ2v) is 6.92. The molecule has 7 heteroatoms. The van der Waals surface area contributed by atoms with Gasteiger partial charge in [-0.3, -0.25) is 4.90 Å². The number of nitrogens with zero attached hydrogens (tertiary/aromatic N) is 1. The highest BCUT2D eigenvalue weighted by molar-refractivity contribution is 5.54. The molecule has 2 aliphatic rings. The van der Waals surface area contributed by atoms with Crippen molar-refractivity contribution in [2.75, 3.05) is 34.4 Å². The average molecular weight is 387 g/mol. The summed E-state index contributed by atoms with van der Waals surface area (Å²) in [7, 11) is 3.33. The predicted octanol–water partition coefficient (Wildman–Crippen LogP) is 2.02. The van der Waals surface area contributed by atoms with Gasteiger partial charge in [0.05, 0.1) is 14.2 Å². The molecule has 4 rings (SSSR count). The van der Waals surface area contributed by atoms with Gasteiger partial charge in [0.2, 0.25) is 0 Å². The lowest BCUT2D eigenvalue weighted by atomic mass is 9.83. The van der Waals surface area contributed by atoms with Crippen LogP contribution >= 0.6 is 0 Å². The summed E-state index contributed by atoms with van der Waals surface area (Å²) in [6.07, 6.45) is 1.72. The van der Waals surface area contributed by atoms with Gasteiger partial charge < -0.3 is 29.2 Å². The van der Waals surface area contributed by atoms with Crippen LogP contribution < -0.4 is 18.9 Å². The first-order valence-corrected chi connectivity index (χ1v) is 9.31. The molecule has 2 aliphatic heterocycles. The quantitative estimate of drug-likeness (QED) is 0.734. The number of rotatable bonds is 6. The van der Waals surface area contributed by atoms with E-state index in [1.54, 1.807) is 14.2 Å². The van der Waals surface area contributed by atoms with Crippen LogP contribution in [0.1, 0.15) is 28.3 Å². The Morgan fingerprint density at radius 2 is 1.71 bits per heavy atom. The van der Waals surface area contributed by atoms with Crippen molar-refractivity contribution in [1.29, 1.82) is 0 Å². The number of benzene rings is 2. The van der Waals surface area contributed by atoms with Crippen molar-refractivity contribution in [1.82, 2.24) is 4.90 Å². The smallest absolute Gasteiger partial charge is 0.186 e. The minimum atomic E-state index is -0.450. The topological polar surface area (TPSA) is 80.6 Å². The zero-order chi connectivity index (χ0) is 19.7. The molecule has 2 heterocycles. The van der Waals surface area contributed by atoms with Gasteiger partial charge >= 0.3 is 0 Å². The molecule has 150 valence electrons. The molecule has 0 aliphatic carbocycles. The molecule has 2 aromatic carbocycles. The number of fused-ring (bicyclic) bond motifs is 4. The van der Waals surface area contributed by atoms with E-state index in [1.165, 1.54) is 22.3 Å². The lowest BCUT2D eigenvalue weighted by molar-refractivity contribution is 0.0735. The molecule has 2 N–H and O–H groups in total. The minimum absolute atomic E-state index is 0.207. The lowest BCUT2D eigenvalue weighted by Crippen LogP contribution is -2.39. The highest BCUT2D eigenvalue weighted by atomic mass is 16.6. The fraction of sp³-hybridized carbons (Fsp3) is 0.429. The third kappa shape index (κ3) is 3.15. The maximum absolute atomic E-state index is 9.21. The van der Waals surface area contributed by atoms with Crippen molar-refractivity contribution in [2.24, 2.45) is 0 Å². The van der Waals surface area contributed by atoms with Crippen molar-refractivity contribution in [3.63, 3.8) is 0 Å². The molecule has 0 aromatic heterocycles. The molecule has 0 amide bonds. The highest BCUT2D eigenvalue weighted by Crippen LogP contribution is 2.45. The van der Waals surface area contributed by atoms with Gasteiger partial charge in [0.1, 0.15) is 0 Å². The molecule has 0 saturated heterocycles. The van der Waals surface area contributed by atoms with Gasteiger partial charge in [0, 0.05) is 24.7 Å². The zero-order valence-corrected chi connectivity index (χ0v) is 16.1. The van der Waals surface area contributed by atoms with Crippen molar-refractivity contribution >= 4 is 0 Å². The summed E-state index contributed by atoms with van der Waals surface area (Å²) in [6.45, 7) is 0.807. The summed E-state index contributed by atoms with van der Waals surface area (Å²) in [5, 5.41) is 18.3. The van der Waals surface area contributed by atoms with Gasteiger partial charge in [-0.05, 0) is 47.7 Å². The standard InChI is InChI=1S/C21H25NO6/c1-25-18-4-3-13-7-17-15-9-20(28-12-24)19(27-11-23)8-14(15)5-6-22(17)10-16(13)21(18)26-2/h3-4,8-9,17,23-24H,5-7,10-12H2,1-2H3. The van der Waals surface area contributed by atoms with Crippen LogP contribution in [0, 0.1) is 0 Å². The van der Waals surface area contributed by atoms with E-state index in [-0.39, 0.29) is 6.04 Å². The highest BCUT2D eigenvalue weighted by Gasteiger charge is 2.35. The van der Waals surface area contributed by atoms with Gasteiger partial charge in [-0.2, -0.15) is 0 Å². The van der Waals surface area contributed by atoms with Crippen LogP contribution in [0.25, 0.3) is 0 Å². The first-order chi connectivity index (χ1) is 13.7. The number of hydrogen-bond donors (Lipinski definition) is 2. The van der Waals surface area contributed by atoms with Crippen LogP contribution in [0.4, 0.5) is 0 Å². The van der Waals surface area contributed by atoms with Crippen LogP contribution in [0.3, 0.4) is 0 Å². The molecule has 2 aromatic rings. The van der Waals surface area contributed by atoms with E-state index in [0.29, 0.717) is 11.5 Å². The Hall–Kier alpha value is -2.48.